The highest BCUT2D eigenvalue weighted by molar-refractivity contribution is 5.76. The van der Waals surface area contributed by atoms with E-state index in [9.17, 15) is 19.5 Å². The van der Waals surface area contributed by atoms with Crippen LogP contribution in [0.3, 0.4) is 0 Å². The Balaban J connectivity index is 2.25. The van der Waals surface area contributed by atoms with Gasteiger partial charge < -0.3 is 19.3 Å². The number of aliphatic hydroxyl groups is 1. The van der Waals surface area contributed by atoms with E-state index in [0.717, 1.165) is 108 Å². The minimum Gasteiger partial charge on any atom is -0.465 e. The lowest BCUT2D eigenvalue weighted by Crippen LogP contribution is -2.38. The molecule has 1 N–H and O–H groups in total. The number of esters is 3. The maximum Gasteiger partial charge on any atom is 0.323 e. The lowest BCUT2D eigenvalue weighted by atomic mass is 9.87. The molecule has 0 aromatic heterocycles. The Bertz CT molecular complexity index is 1070. The summed E-state index contributed by atoms with van der Waals surface area (Å²) in [4.78, 5) is 41.0. The molecule has 2 atom stereocenters. The van der Waals surface area contributed by atoms with E-state index < -0.39 is 16.9 Å². The smallest absolute Gasteiger partial charge is 0.323 e. The van der Waals surface area contributed by atoms with Gasteiger partial charge in [-0.1, -0.05) is 169 Å². The molecule has 8 nitrogen and oxygen atoms in total. The van der Waals surface area contributed by atoms with Crippen molar-refractivity contribution >= 4 is 17.9 Å². The van der Waals surface area contributed by atoms with Crippen molar-refractivity contribution in [1.82, 2.24) is 4.90 Å². The molecule has 1 saturated heterocycles. The van der Waals surface area contributed by atoms with Crippen LogP contribution in [-0.4, -0.2) is 73.0 Å². The highest BCUT2D eigenvalue weighted by Crippen LogP contribution is 2.29. The quantitative estimate of drug-likeness (QED) is 0.0368. The maximum atomic E-state index is 13.0. The summed E-state index contributed by atoms with van der Waals surface area (Å²) in [5.41, 5.74) is -0.972. The molecule has 0 aromatic rings. The number of hydrogen-bond acceptors (Lipinski definition) is 8. The predicted octanol–water partition coefficient (Wildman–Crippen LogP) is 14.1. The molecule has 1 heterocycles. The van der Waals surface area contributed by atoms with E-state index >= 15 is 0 Å². The van der Waals surface area contributed by atoms with Crippen LogP contribution >= 0.6 is 0 Å². The van der Waals surface area contributed by atoms with Gasteiger partial charge in [0.1, 0.15) is 6.04 Å². The van der Waals surface area contributed by atoms with Gasteiger partial charge in [-0.15, -0.1) is 0 Å². The molecule has 1 rings (SSSR count). The molecule has 0 aromatic carbocycles. The van der Waals surface area contributed by atoms with Crippen LogP contribution in [0.2, 0.25) is 0 Å². The second-order valence-electron chi connectivity index (χ2n) is 20.4. The zero-order chi connectivity index (χ0) is 45.2. The monoisotopic (exact) mass is 864 g/mol. The number of likely N-dealkylation sites (tertiary alicyclic amines) is 1. The van der Waals surface area contributed by atoms with E-state index in [0.29, 0.717) is 32.8 Å². The van der Waals surface area contributed by atoms with Crippen LogP contribution in [0.15, 0.2) is 0 Å². The molecule has 0 spiro atoms. The number of carbonyl (C=O) groups is 3. The molecule has 1 aliphatic heterocycles. The maximum absolute atomic E-state index is 13.0. The first-order valence-corrected chi connectivity index (χ1v) is 26.2. The SMILES string of the molecule is CCCCCC(CCCCC)CCCOC(=O)C(C)(C)CCCCCCOC(=O)[C@@H]1C[C@H](O)CN1CCCCCCC(C)(C)C(=O)OCCCC(CCCCC)CCCCC. The van der Waals surface area contributed by atoms with Crippen LogP contribution < -0.4 is 0 Å². The van der Waals surface area contributed by atoms with Crippen LogP contribution in [0.1, 0.15) is 254 Å². The van der Waals surface area contributed by atoms with Gasteiger partial charge in [0.05, 0.1) is 36.8 Å². The molecule has 360 valence electrons. The summed E-state index contributed by atoms with van der Waals surface area (Å²) in [6.07, 6.45) is 34.2. The van der Waals surface area contributed by atoms with E-state index in [1.807, 2.05) is 27.7 Å². The fourth-order valence-corrected chi connectivity index (χ4v) is 9.17. The Kier molecular flexibility index (Phi) is 33.5. The van der Waals surface area contributed by atoms with Gasteiger partial charge in [-0.05, 0) is 97.4 Å². The summed E-state index contributed by atoms with van der Waals surface area (Å²) >= 11 is 0. The third-order valence-electron chi connectivity index (χ3n) is 13.5. The molecule has 0 amide bonds. The molecule has 61 heavy (non-hydrogen) atoms. The van der Waals surface area contributed by atoms with E-state index in [1.165, 1.54) is 103 Å². The molecule has 1 aliphatic rings. The summed E-state index contributed by atoms with van der Waals surface area (Å²) in [6.45, 7) is 19.8. The average molecular weight is 864 g/mol. The van der Waals surface area contributed by atoms with E-state index in [-0.39, 0.29) is 23.9 Å². The second kappa shape index (κ2) is 35.7. The van der Waals surface area contributed by atoms with Gasteiger partial charge in [-0.2, -0.15) is 0 Å². The third kappa shape index (κ3) is 28.0. The average Bonchev–Trinajstić information content (AvgIpc) is 3.61. The van der Waals surface area contributed by atoms with Gasteiger partial charge >= 0.3 is 17.9 Å². The van der Waals surface area contributed by atoms with E-state index in [2.05, 4.69) is 32.6 Å². The molecule has 8 heteroatoms. The Morgan fingerprint density at radius 3 is 1.31 bits per heavy atom. The van der Waals surface area contributed by atoms with Gasteiger partial charge in [0.2, 0.25) is 0 Å². The summed E-state index contributed by atoms with van der Waals surface area (Å²) in [6, 6.07) is -0.383. The minimum atomic E-state index is -0.504. The number of hydrogen-bond donors (Lipinski definition) is 1. The molecule has 0 unspecified atom stereocenters. The van der Waals surface area contributed by atoms with Crippen molar-refractivity contribution < 1.29 is 33.7 Å². The Labute approximate surface area is 377 Å². The number of carbonyl (C=O) groups excluding carboxylic acids is 3. The van der Waals surface area contributed by atoms with Gasteiger partial charge in [-0.25, -0.2) is 0 Å². The first-order chi connectivity index (χ1) is 29.3. The van der Waals surface area contributed by atoms with E-state index in [1.54, 1.807) is 0 Å². The van der Waals surface area contributed by atoms with Crippen molar-refractivity contribution in [3.05, 3.63) is 0 Å². The summed E-state index contributed by atoms with van der Waals surface area (Å²) < 4.78 is 17.2. The number of aliphatic hydroxyl groups excluding tert-OH is 1. The summed E-state index contributed by atoms with van der Waals surface area (Å²) in [5.74, 6) is 1.14. The minimum absolute atomic E-state index is 0.0746. The predicted molar refractivity (Wildman–Crippen MR) is 255 cm³/mol. The Hall–Kier alpha value is -1.67. The van der Waals surface area contributed by atoms with Crippen molar-refractivity contribution in [2.75, 3.05) is 32.9 Å². The Morgan fingerprint density at radius 1 is 0.508 bits per heavy atom. The van der Waals surface area contributed by atoms with Gasteiger partial charge in [0.15, 0.2) is 0 Å². The normalized spacial score (nSPS) is 16.2. The summed E-state index contributed by atoms with van der Waals surface area (Å²) in [5, 5.41) is 10.4. The third-order valence-corrected chi connectivity index (χ3v) is 13.5. The molecular weight excluding hydrogens is 763 g/mol. The summed E-state index contributed by atoms with van der Waals surface area (Å²) in [7, 11) is 0. The standard InChI is InChI=1S/C53H101NO7/c1-9-13-21-31-45(32-22-14-10-2)35-29-41-60-50(57)52(5,6)37-25-17-19-27-39-54-44-47(55)43-48(54)49(56)59-40-28-20-18-26-38-53(7,8)51(58)61-42-30-36-46(33-23-15-11-3)34-24-16-12-4/h45-48,55H,9-44H2,1-8H3/t47-,48-/m0/s1. The van der Waals surface area contributed by atoms with Crippen molar-refractivity contribution in [2.45, 2.75) is 267 Å². The van der Waals surface area contributed by atoms with Crippen LogP contribution in [0.25, 0.3) is 0 Å². The van der Waals surface area contributed by atoms with E-state index in [4.69, 9.17) is 14.2 Å². The van der Waals surface area contributed by atoms with Crippen LogP contribution in [0.5, 0.6) is 0 Å². The lowest BCUT2D eigenvalue weighted by molar-refractivity contribution is -0.155. The topological polar surface area (TPSA) is 102 Å². The fourth-order valence-electron chi connectivity index (χ4n) is 9.17. The van der Waals surface area contributed by atoms with Crippen molar-refractivity contribution in [1.29, 1.82) is 0 Å². The first kappa shape index (κ1) is 57.3. The van der Waals surface area contributed by atoms with Gasteiger partial charge in [0, 0.05) is 13.0 Å². The highest BCUT2D eigenvalue weighted by atomic mass is 16.5. The van der Waals surface area contributed by atoms with Crippen molar-refractivity contribution in [3.8, 4) is 0 Å². The lowest BCUT2D eigenvalue weighted by Gasteiger charge is -2.24. The van der Waals surface area contributed by atoms with Crippen LogP contribution in [0.4, 0.5) is 0 Å². The van der Waals surface area contributed by atoms with Crippen molar-refractivity contribution in [2.24, 2.45) is 22.7 Å². The number of unbranched alkanes of at least 4 members (excludes halogenated alkanes) is 14. The molecule has 0 bridgehead atoms. The fraction of sp³-hybridized carbons (Fsp3) is 0.943. The highest BCUT2D eigenvalue weighted by Gasteiger charge is 2.37. The van der Waals surface area contributed by atoms with Gasteiger partial charge in [-0.3, -0.25) is 19.3 Å². The molecule has 0 radical (unpaired) electrons. The second-order valence-corrected chi connectivity index (χ2v) is 20.4. The number of ether oxygens (including phenoxy) is 3. The molecular formula is C53H101NO7. The number of β-amino-alcohol motifs (C(OH)–C–C–N with tert-alkyl or cyclic N) is 1. The molecule has 1 fully saturated rings. The Morgan fingerprint density at radius 2 is 0.885 bits per heavy atom. The van der Waals surface area contributed by atoms with Crippen molar-refractivity contribution in [3.63, 3.8) is 0 Å². The van der Waals surface area contributed by atoms with Crippen LogP contribution in [-0.2, 0) is 28.6 Å². The zero-order valence-corrected chi connectivity index (χ0v) is 41.6. The molecule has 0 aliphatic carbocycles. The van der Waals surface area contributed by atoms with Crippen LogP contribution in [0, 0.1) is 22.7 Å². The van der Waals surface area contributed by atoms with Gasteiger partial charge in [0.25, 0.3) is 0 Å². The first-order valence-electron chi connectivity index (χ1n) is 26.2. The molecule has 0 saturated carbocycles. The number of nitrogens with zero attached hydrogens (tertiary/aromatic N) is 1. The largest absolute Gasteiger partial charge is 0.465 e. The zero-order valence-electron chi connectivity index (χ0n) is 41.6. The number of rotatable bonds is 41.